The Balaban J connectivity index is 2.10. The van der Waals surface area contributed by atoms with Gasteiger partial charge in [-0.1, -0.05) is 61.0 Å². The van der Waals surface area contributed by atoms with Crippen molar-refractivity contribution in [2.75, 3.05) is 17.5 Å². The van der Waals surface area contributed by atoms with Gasteiger partial charge in [0.2, 0.25) is 11.8 Å². The third kappa shape index (κ3) is 8.47. The van der Waals surface area contributed by atoms with Crippen molar-refractivity contribution in [3.05, 3.63) is 89.4 Å². The molecule has 1 N–H and O–H groups in total. The highest BCUT2D eigenvalue weighted by Gasteiger charge is 2.35. The van der Waals surface area contributed by atoms with E-state index in [-0.39, 0.29) is 23.0 Å². The lowest BCUT2D eigenvalue weighted by atomic mass is 10.1. The monoisotopic (exact) mass is 599 g/mol. The first-order valence-electron chi connectivity index (χ1n) is 13.5. The zero-order valence-electron chi connectivity index (χ0n) is 24.1. The van der Waals surface area contributed by atoms with Gasteiger partial charge in [-0.3, -0.25) is 13.9 Å². The number of sulfonamides is 1. The number of hydrogen-bond acceptors (Lipinski definition) is 5. The van der Waals surface area contributed by atoms with Gasteiger partial charge in [0.1, 0.15) is 18.3 Å². The molecule has 2 amide bonds. The van der Waals surface area contributed by atoms with Crippen LogP contribution in [0.4, 0.5) is 5.69 Å². The Hall–Kier alpha value is -3.56. The van der Waals surface area contributed by atoms with Crippen LogP contribution in [0.15, 0.2) is 83.8 Å². The van der Waals surface area contributed by atoms with Crippen molar-refractivity contribution < 1.29 is 22.7 Å². The van der Waals surface area contributed by atoms with Crippen molar-refractivity contribution in [3.63, 3.8) is 0 Å². The summed E-state index contributed by atoms with van der Waals surface area (Å²) < 4.78 is 34.8. The van der Waals surface area contributed by atoms with E-state index in [1.54, 1.807) is 73.7 Å². The number of benzene rings is 3. The number of carbonyl (C=O) groups is 2. The molecule has 0 fully saturated rings. The number of carbonyl (C=O) groups excluding carboxylic acids is 2. The average Bonchev–Trinajstić information content (AvgIpc) is 2.92. The molecule has 3 aromatic carbocycles. The zero-order chi connectivity index (χ0) is 30.2. The van der Waals surface area contributed by atoms with Gasteiger partial charge in [-0.2, -0.15) is 0 Å². The Morgan fingerprint density at radius 2 is 1.54 bits per heavy atom. The summed E-state index contributed by atoms with van der Waals surface area (Å²) in [7, 11) is -4.20. The molecule has 1 atom stereocenters. The molecule has 0 aliphatic carbocycles. The fourth-order valence-corrected chi connectivity index (χ4v) is 5.90. The predicted molar refractivity (Wildman–Crippen MR) is 163 cm³/mol. The van der Waals surface area contributed by atoms with Crippen LogP contribution in [0.5, 0.6) is 5.75 Å². The third-order valence-electron chi connectivity index (χ3n) is 6.19. The maximum absolute atomic E-state index is 14.2. The number of ether oxygens (including phenoxy) is 1. The summed E-state index contributed by atoms with van der Waals surface area (Å²) in [6, 6.07) is 20.7. The van der Waals surface area contributed by atoms with E-state index >= 15 is 0 Å². The van der Waals surface area contributed by atoms with Gasteiger partial charge in [0.25, 0.3) is 10.0 Å². The molecule has 0 saturated heterocycles. The fourth-order valence-electron chi connectivity index (χ4n) is 4.33. The van der Waals surface area contributed by atoms with Crippen molar-refractivity contribution in [3.8, 4) is 5.75 Å². The second kappa shape index (κ2) is 13.9. The van der Waals surface area contributed by atoms with Gasteiger partial charge in [0.05, 0.1) is 17.2 Å². The first-order valence-corrected chi connectivity index (χ1v) is 15.3. The van der Waals surface area contributed by atoms with Crippen LogP contribution in [-0.4, -0.2) is 49.9 Å². The molecule has 41 heavy (non-hydrogen) atoms. The molecule has 220 valence electrons. The van der Waals surface area contributed by atoms with Crippen molar-refractivity contribution in [1.82, 2.24) is 10.2 Å². The van der Waals surface area contributed by atoms with E-state index in [1.165, 1.54) is 17.0 Å². The van der Waals surface area contributed by atoms with E-state index in [1.807, 2.05) is 27.7 Å². The SMILES string of the molecule is CCOc1ccccc1N(CC(=O)N(Cc1ccc(Cl)cc1)[C@@H](CC)C(=O)NC(C)(C)C)S(=O)(=O)c1ccccc1. The Morgan fingerprint density at radius 3 is 2.12 bits per heavy atom. The van der Waals surface area contributed by atoms with Crippen LogP contribution in [0.1, 0.15) is 46.6 Å². The summed E-state index contributed by atoms with van der Waals surface area (Å²) in [5.41, 5.74) is 0.445. The number of nitrogens with zero attached hydrogens (tertiary/aromatic N) is 2. The van der Waals surface area contributed by atoms with Crippen LogP contribution in [-0.2, 0) is 26.2 Å². The van der Waals surface area contributed by atoms with Crippen molar-refractivity contribution in [2.45, 2.75) is 64.1 Å². The summed E-state index contributed by atoms with van der Waals surface area (Å²) in [5, 5.41) is 3.50. The van der Waals surface area contributed by atoms with E-state index in [0.717, 1.165) is 9.87 Å². The lowest BCUT2D eigenvalue weighted by Crippen LogP contribution is -2.55. The molecule has 0 unspecified atom stereocenters. The number of halogens is 1. The highest BCUT2D eigenvalue weighted by molar-refractivity contribution is 7.92. The van der Waals surface area contributed by atoms with Gasteiger partial charge in [-0.15, -0.1) is 0 Å². The maximum Gasteiger partial charge on any atom is 0.264 e. The van der Waals surface area contributed by atoms with Crippen LogP contribution in [0.3, 0.4) is 0 Å². The number of amides is 2. The van der Waals surface area contributed by atoms with E-state index in [4.69, 9.17) is 16.3 Å². The number of para-hydroxylation sites is 2. The van der Waals surface area contributed by atoms with E-state index in [2.05, 4.69) is 5.32 Å². The van der Waals surface area contributed by atoms with E-state index in [9.17, 15) is 18.0 Å². The predicted octanol–water partition coefficient (Wildman–Crippen LogP) is 5.66. The van der Waals surface area contributed by atoms with Crippen molar-refractivity contribution in [2.24, 2.45) is 0 Å². The van der Waals surface area contributed by atoms with Gasteiger partial charge in [-0.25, -0.2) is 8.42 Å². The van der Waals surface area contributed by atoms with Crippen LogP contribution >= 0.6 is 11.6 Å². The maximum atomic E-state index is 14.2. The zero-order valence-corrected chi connectivity index (χ0v) is 25.7. The standard InChI is InChI=1S/C31H38ClN3O5S/c1-6-26(30(37)33-31(3,4)5)34(21-23-17-19-24(32)20-18-23)29(36)22-35(27-15-11-12-16-28(27)40-7-2)41(38,39)25-13-9-8-10-14-25/h8-20,26H,6-7,21-22H2,1-5H3,(H,33,37)/t26-/m0/s1. The van der Waals surface area contributed by atoms with Crippen LogP contribution in [0.25, 0.3) is 0 Å². The molecule has 0 heterocycles. The normalized spacial score (nSPS) is 12.3. The summed E-state index contributed by atoms with van der Waals surface area (Å²) in [4.78, 5) is 29.1. The molecule has 0 saturated carbocycles. The van der Waals surface area contributed by atoms with Crippen molar-refractivity contribution in [1.29, 1.82) is 0 Å². The molecule has 0 aliphatic rings. The Bertz CT molecular complexity index is 1420. The van der Waals surface area contributed by atoms with Crippen LogP contribution in [0.2, 0.25) is 5.02 Å². The molecule has 0 radical (unpaired) electrons. The molecule has 0 bridgehead atoms. The summed E-state index contributed by atoms with van der Waals surface area (Å²) in [6.07, 6.45) is 0.322. The summed E-state index contributed by atoms with van der Waals surface area (Å²) >= 11 is 6.08. The Morgan fingerprint density at radius 1 is 0.927 bits per heavy atom. The number of anilines is 1. The first-order chi connectivity index (χ1) is 19.4. The minimum absolute atomic E-state index is 0.0286. The largest absolute Gasteiger partial charge is 0.492 e. The van der Waals surface area contributed by atoms with E-state index < -0.39 is 34.1 Å². The number of nitrogens with one attached hydrogen (secondary N) is 1. The summed E-state index contributed by atoms with van der Waals surface area (Å²) in [6.45, 7) is 9.04. The number of hydrogen-bond donors (Lipinski definition) is 1. The van der Waals surface area contributed by atoms with Gasteiger partial charge in [0.15, 0.2) is 0 Å². The quantitative estimate of drug-likeness (QED) is 0.290. The topological polar surface area (TPSA) is 96.0 Å². The van der Waals surface area contributed by atoms with Gasteiger partial charge in [-0.05, 0) is 76.1 Å². The molecule has 0 aromatic heterocycles. The minimum Gasteiger partial charge on any atom is -0.492 e. The lowest BCUT2D eigenvalue weighted by molar-refractivity contribution is -0.141. The third-order valence-corrected chi connectivity index (χ3v) is 8.22. The molecule has 3 aromatic rings. The molecular weight excluding hydrogens is 562 g/mol. The molecule has 10 heteroatoms. The Labute approximate surface area is 248 Å². The molecular formula is C31H38ClN3O5S. The molecule has 3 rings (SSSR count). The van der Waals surface area contributed by atoms with E-state index in [0.29, 0.717) is 23.8 Å². The van der Waals surface area contributed by atoms with Gasteiger partial charge >= 0.3 is 0 Å². The highest BCUT2D eigenvalue weighted by Crippen LogP contribution is 2.33. The lowest BCUT2D eigenvalue weighted by Gasteiger charge is -2.35. The van der Waals surface area contributed by atoms with Gasteiger partial charge in [0, 0.05) is 17.1 Å². The fraction of sp³-hybridized carbons (Fsp3) is 0.355. The second-order valence-corrected chi connectivity index (χ2v) is 12.8. The summed E-state index contributed by atoms with van der Waals surface area (Å²) in [5.74, 6) is -0.541. The molecule has 8 nitrogen and oxygen atoms in total. The minimum atomic E-state index is -4.20. The Kier molecular flexibility index (Phi) is 10.8. The van der Waals surface area contributed by atoms with Crippen LogP contribution in [0, 0.1) is 0 Å². The first kappa shape index (κ1) is 32.0. The molecule has 0 spiro atoms. The second-order valence-electron chi connectivity index (χ2n) is 10.5. The van der Waals surface area contributed by atoms with Gasteiger partial charge < -0.3 is 15.0 Å². The molecule has 0 aliphatic heterocycles. The average molecular weight is 600 g/mol. The smallest absolute Gasteiger partial charge is 0.264 e. The number of rotatable bonds is 12. The highest BCUT2D eigenvalue weighted by atomic mass is 35.5. The van der Waals surface area contributed by atoms with Crippen molar-refractivity contribution >= 4 is 39.1 Å². The van der Waals surface area contributed by atoms with Crippen LogP contribution < -0.4 is 14.4 Å².